The highest BCUT2D eigenvalue weighted by molar-refractivity contribution is 6.33. The lowest BCUT2D eigenvalue weighted by Gasteiger charge is -2.26. The second-order valence-corrected chi connectivity index (χ2v) is 6.64. The molecule has 0 bridgehead atoms. The Bertz CT molecular complexity index is 447. The van der Waals surface area contributed by atoms with Gasteiger partial charge in [-0.15, -0.1) is 0 Å². The standard InChI is InChI=1S/C17H27ClN2/c1-5-8-19-14(4)15-6-7-17(16(18)10-15)20-11-12(2)9-13(20)3/h6-7,10,12-14,19H,5,8-9,11H2,1-4H3. The lowest BCUT2D eigenvalue weighted by atomic mass is 10.1. The number of nitrogens with one attached hydrogen (secondary N) is 1. The third-order valence-electron chi connectivity index (χ3n) is 4.27. The van der Waals surface area contributed by atoms with E-state index in [0.717, 1.165) is 30.5 Å². The number of benzene rings is 1. The van der Waals surface area contributed by atoms with Gasteiger partial charge in [0.15, 0.2) is 0 Å². The Morgan fingerprint density at radius 1 is 1.40 bits per heavy atom. The van der Waals surface area contributed by atoms with Crippen LogP contribution in [0, 0.1) is 5.92 Å². The summed E-state index contributed by atoms with van der Waals surface area (Å²) in [5.41, 5.74) is 2.46. The quantitative estimate of drug-likeness (QED) is 0.851. The number of anilines is 1. The van der Waals surface area contributed by atoms with Gasteiger partial charge in [0, 0.05) is 18.6 Å². The first-order valence-corrected chi connectivity index (χ1v) is 8.20. The van der Waals surface area contributed by atoms with Gasteiger partial charge >= 0.3 is 0 Å². The van der Waals surface area contributed by atoms with Crippen molar-refractivity contribution in [3.8, 4) is 0 Å². The molecule has 1 N–H and O–H groups in total. The Kier molecular flexibility index (Phi) is 5.34. The topological polar surface area (TPSA) is 15.3 Å². The Morgan fingerprint density at radius 3 is 2.70 bits per heavy atom. The summed E-state index contributed by atoms with van der Waals surface area (Å²) < 4.78 is 0. The van der Waals surface area contributed by atoms with Crippen LogP contribution in [-0.2, 0) is 0 Å². The lowest BCUT2D eigenvalue weighted by molar-refractivity contribution is 0.570. The largest absolute Gasteiger partial charge is 0.367 e. The molecule has 3 atom stereocenters. The second-order valence-electron chi connectivity index (χ2n) is 6.23. The molecule has 0 spiro atoms. The number of rotatable bonds is 5. The van der Waals surface area contributed by atoms with Crippen molar-refractivity contribution in [2.75, 3.05) is 18.0 Å². The first kappa shape index (κ1) is 15.7. The van der Waals surface area contributed by atoms with E-state index in [-0.39, 0.29) is 0 Å². The molecule has 0 saturated carbocycles. The van der Waals surface area contributed by atoms with Crippen LogP contribution >= 0.6 is 11.6 Å². The van der Waals surface area contributed by atoms with Gasteiger partial charge in [0.05, 0.1) is 10.7 Å². The van der Waals surface area contributed by atoms with E-state index in [1.165, 1.54) is 17.7 Å². The van der Waals surface area contributed by atoms with Crippen LogP contribution in [0.4, 0.5) is 5.69 Å². The molecule has 1 aromatic rings. The van der Waals surface area contributed by atoms with Crippen LogP contribution in [0.3, 0.4) is 0 Å². The summed E-state index contributed by atoms with van der Waals surface area (Å²) in [5, 5.41) is 4.39. The van der Waals surface area contributed by atoms with Gasteiger partial charge in [-0.2, -0.15) is 0 Å². The minimum absolute atomic E-state index is 0.358. The van der Waals surface area contributed by atoms with Crippen LogP contribution in [0.5, 0.6) is 0 Å². The average Bonchev–Trinajstić information content (AvgIpc) is 2.74. The van der Waals surface area contributed by atoms with Crippen molar-refractivity contribution >= 4 is 17.3 Å². The van der Waals surface area contributed by atoms with Gasteiger partial charge in [0.1, 0.15) is 0 Å². The number of hydrogen-bond acceptors (Lipinski definition) is 2. The van der Waals surface area contributed by atoms with E-state index in [1.807, 2.05) is 0 Å². The van der Waals surface area contributed by atoms with Crippen LogP contribution in [0.15, 0.2) is 18.2 Å². The maximum Gasteiger partial charge on any atom is 0.0642 e. The predicted molar refractivity (Wildman–Crippen MR) is 88.7 cm³/mol. The van der Waals surface area contributed by atoms with Crippen molar-refractivity contribution in [2.24, 2.45) is 5.92 Å². The van der Waals surface area contributed by atoms with Crippen LogP contribution in [0.1, 0.15) is 52.1 Å². The van der Waals surface area contributed by atoms with E-state index in [9.17, 15) is 0 Å². The second kappa shape index (κ2) is 6.82. The molecule has 2 nitrogen and oxygen atoms in total. The van der Waals surface area contributed by atoms with Crippen molar-refractivity contribution in [1.29, 1.82) is 0 Å². The van der Waals surface area contributed by atoms with E-state index >= 15 is 0 Å². The average molecular weight is 295 g/mol. The van der Waals surface area contributed by atoms with Gasteiger partial charge in [-0.3, -0.25) is 0 Å². The smallest absolute Gasteiger partial charge is 0.0642 e. The predicted octanol–water partition coefficient (Wildman–Crippen LogP) is 4.64. The molecule has 1 aliphatic rings. The molecule has 1 aromatic carbocycles. The van der Waals surface area contributed by atoms with Crippen molar-refractivity contribution in [1.82, 2.24) is 5.32 Å². The molecule has 1 fully saturated rings. The fourth-order valence-electron chi connectivity index (χ4n) is 3.14. The maximum absolute atomic E-state index is 6.53. The van der Waals surface area contributed by atoms with Crippen LogP contribution < -0.4 is 10.2 Å². The SMILES string of the molecule is CCCNC(C)c1ccc(N2CC(C)CC2C)c(Cl)c1. The Labute approximate surface area is 128 Å². The molecular formula is C17H27ClN2. The Morgan fingerprint density at radius 2 is 2.15 bits per heavy atom. The van der Waals surface area contributed by atoms with Gasteiger partial charge in [0.25, 0.3) is 0 Å². The van der Waals surface area contributed by atoms with Gasteiger partial charge in [-0.1, -0.05) is 31.5 Å². The van der Waals surface area contributed by atoms with E-state index in [4.69, 9.17) is 11.6 Å². The molecule has 0 aromatic heterocycles. The number of nitrogens with zero attached hydrogens (tertiary/aromatic N) is 1. The van der Waals surface area contributed by atoms with E-state index in [2.05, 4.69) is 56.1 Å². The normalized spacial score (nSPS) is 24.1. The minimum Gasteiger partial charge on any atom is -0.367 e. The first-order chi connectivity index (χ1) is 9.52. The van der Waals surface area contributed by atoms with Gasteiger partial charge in [0.2, 0.25) is 0 Å². The van der Waals surface area contributed by atoms with E-state index in [0.29, 0.717) is 12.1 Å². The Hall–Kier alpha value is -0.730. The monoisotopic (exact) mass is 294 g/mol. The van der Waals surface area contributed by atoms with Crippen molar-refractivity contribution in [2.45, 2.75) is 52.6 Å². The maximum atomic E-state index is 6.53. The molecule has 0 aliphatic carbocycles. The third kappa shape index (κ3) is 3.48. The number of halogens is 1. The van der Waals surface area contributed by atoms with Crippen molar-refractivity contribution in [3.05, 3.63) is 28.8 Å². The highest BCUT2D eigenvalue weighted by atomic mass is 35.5. The fraction of sp³-hybridized carbons (Fsp3) is 0.647. The molecule has 0 radical (unpaired) electrons. The third-order valence-corrected chi connectivity index (χ3v) is 4.57. The van der Waals surface area contributed by atoms with Crippen LogP contribution in [0.25, 0.3) is 0 Å². The minimum atomic E-state index is 0.358. The highest BCUT2D eigenvalue weighted by Crippen LogP contribution is 2.35. The zero-order chi connectivity index (χ0) is 14.7. The summed E-state index contributed by atoms with van der Waals surface area (Å²) in [4.78, 5) is 2.45. The molecule has 3 heteroatoms. The zero-order valence-corrected chi connectivity index (χ0v) is 13.9. The zero-order valence-electron chi connectivity index (χ0n) is 13.1. The van der Waals surface area contributed by atoms with Gasteiger partial charge < -0.3 is 10.2 Å². The molecular weight excluding hydrogens is 268 g/mol. The number of hydrogen-bond donors (Lipinski definition) is 1. The molecule has 1 heterocycles. The van der Waals surface area contributed by atoms with Gasteiger partial charge in [-0.25, -0.2) is 0 Å². The summed E-state index contributed by atoms with van der Waals surface area (Å²) in [6.45, 7) is 11.1. The van der Waals surface area contributed by atoms with E-state index in [1.54, 1.807) is 0 Å². The Balaban J connectivity index is 2.13. The summed E-state index contributed by atoms with van der Waals surface area (Å²) >= 11 is 6.53. The summed E-state index contributed by atoms with van der Waals surface area (Å²) in [6.07, 6.45) is 2.41. The fourth-order valence-corrected chi connectivity index (χ4v) is 3.44. The molecule has 3 unspecified atom stereocenters. The summed E-state index contributed by atoms with van der Waals surface area (Å²) in [5.74, 6) is 0.755. The molecule has 1 saturated heterocycles. The molecule has 20 heavy (non-hydrogen) atoms. The summed E-state index contributed by atoms with van der Waals surface area (Å²) in [6, 6.07) is 7.47. The summed E-state index contributed by atoms with van der Waals surface area (Å²) in [7, 11) is 0. The molecule has 112 valence electrons. The molecule has 2 rings (SSSR count). The lowest BCUT2D eigenvalue weighted by Crippen LogP contribution is -2.27. The van der Waals surface area contributed by atoms with E-state index < -0.39 is 0 Å². The first-order valence-electron chi connectivity index (χ1n) is 7.82. The molecule has 0 amide bonds. The molecule has 1 aliphatic heterocycles. The van der Waals surface area contributed by atoms with Crippen molar-refractivity contribution < 1.29 is 0 Å². The van der Waals surface area contributed by atoms with Crippen LogP contribution in [0.2, 0.25) is 5.02 Å². The highest BCUT2D eigenvalue weighted by Gasteiger charge is 2.27. The van der Waals surface area contributed by atoms with Gasteiger partial charge in [-0.05, 0) is 56.8 Å². The van der Waals surface area contributed by atoms with Crippen molar-refractivity contribution in [3.63, 3.8) is 0 Å². The van der Waals surface area contributed by atoms with Crippen LogP contribution in [-0.4, -0.2) is 19.1 Å².